The molecule has 0 spiro atoms. The van der Waals surface area contributed by atoms with Crippen LogP contribution in [-0.4, -0.2) is 19.0 Å². The quantitative estimate of drug-likeness (QED) is 0.842. The predicted molar refractivity (Wildman–Crippen MR) is 56.4 cm³/mol. The number of aliphatic hydroxyl groups is 1. The molecule has 0 unspecified atom stereocenters. The van der Waals surface area contributed by atoms with Gasteiger partial charge in [0.25, 0.3) is 0 Å². The van der Waals surface area contributed by atoms with Gasteiger partial charge in [-0.15, -0.1) is 0 Å². The van der Waals surface area contributed by atoms with Gasteiger partial charge in [0.2, 0.25) is 6.79 Å². The zero-order chi connectivity index (χ0) is 11.2. The minimum Gasteiger partial charge on any atom is -0.454 e. The minimum atomic E-state index is -0.672. The summed E-state index contributed by atoms with van der Waals surface area (Å²) in [5.41, 5.74) is 1.16. The lowest BCUT2D eigenvalue weighted by molar-refractivity contribution is 0.138. The maximum absolute atomic E-state index is 10.2. The van der Waals surface area contributed by atoms with Crippen molar-refractivity contribution in [3.8, 4) is 11.5 Å². The molecule has 1 aliphatic carbocycles. The van der Waals surface area contributed by atoms with Gasteiger partial charge in [0.15, 0.2) is 11.5 Å². The summed E-state index contributed by atoms with van der Waals surface area (Å²) in [6, 6.07) is 3.77. The first-order chi connectivity index (χ1) is 7.74. The van der Waals surface area contributed by atoms with E-state index < -0.39 is 5.60 Å². The Labute approximate surface area is 93.7 Å². The molecule has 1 N–H and O–H groups in total. The van der Waals surface area contributed by atoms with Crippen molar-refractivity contribution < 1.29 is 19.3 Å². The number of ether oxygens (including phenoxy) is 3. The van der Waals surface area contributed by atoms with Gasteiger partial charge in [-0.3, -0.25) is 0 Å². The first-order valence-corrected chi connectivity index (χ1v) is 5.38. The fraction of sp³-hybridized carbons (Fsp3) is 0.500. The summed E-state index contributed by atoms with van der Waals surface area (Å²) in [7, 11) is 1.63. The van der Waals surface area contributed by atoms with Gasteiger partial charge in [-0.25, -0.2) is 0 Å². The molecule has 0 amide bonds. The van der Waals surface area contributed by atoms with E-state index in [0.29, 0.717) is 6.61 Å². The monoisotopic (exact) mass is 222 g/mol. The summed E-state index contributed by atoms with van der Waals surface area (Å²) < 4.78 is 15.9. The molecule has 0 bridgehead atoms. The highest BCUT2D eigenvalue weighted by molar-refractivity contribution is 5.54. The van der Waals surface area contributed by atoms with Crippen LogP contribution in [0.4, 0.5) is 0 Å². The van der Waals surface area contributed by atoms with Crippen LogP contribution in [0.5, 0.6) is 11.5 Å². The number of fused-ring (bicyclic) bond motifs is 1. The number of methoxy groups -OCH3 is 1. The van der Waals surface area contributed by atoms with E-state index in [9.17, 15) is 5.11 Å². The average molecular weight is 222 g/mol. The summed E-state index contributed by atoms with van der Waals surface area (Å²) in [6.07, 6.45) is 1.62. The molecule has 1 aliphatic heterocycles. The molecule has 2 aliphatic rings. The molecule has 0 atom stereocenters. The maximum Gasteiger partial charge on any atom is 0.231 e. The molecular formula is C12H14O4. The first-order valence-electron chi connectivity index (χ1n) is 5.38. The van der Waals surface area contributed by atoms with E-state index in [1.807, 2.05) is 12.1 Å². The SMILES string of the molecule is COCc1c(C2(O)CC2)ccc2c1OCO2. The molecule has 3 rings (SSSR count). The maximum atomic E-state index is 10.2. The number of benzene rings is 1. The van der Waals surface area contributed by atoms with Gasteiger partial charge >= 0.3 is 0 Å². The molecule has 0 saturated heterocycles. The van der Waals surface area contributed by atoms with Crippen LogP contribution < -0.4 is 9.47 Å². The van der Waals surface area contributed by atoms with Gasteiger partial charge in [0, 0.05) is 12.7 Å². The van der Waals surface area contributed by atoms with E-state index in [-0.39, 0.29) is 6.79 Å². The summed E-state index contributed by atoms with van der Waals surface area (Å²) in [5.74, 6) is 1.46. The van der Waals surface area contributed by atoms with Crippen LogP contribution >= 0.6 is 0 Å². The van der Waals surface area contributed by atoms with Crippen LogP contribution in [-0.2, 0) is 16.9 Å². The second kappa shape index (κ2) is 3.37. The molecule has 4 heteroatoms. The Morgan fingerprint density at radius 2 is 2.19 bits per heavy atom. The van der Waals surface area contributed by atoms with Crippen molar-refractivity contribution in [3.63, 3.8) is 0 Å². The van der Waals surface area contributed by atoms with Crippen LogP contribution in [0.25, 0.3) is 0 Å². The Balaban J connectivity index is 2.10. The fourth-order valence-electron chi connectivity index (χ4n) is 2.14. The summed E-state index contributed by atoms with van der Waals surface area (Å²) >= 11 is 0. The van der Waals surface area contributed by atoms with Gasteiger partial charge in [-0.05, 0) is 24.5 Å². The summed E-state index contributed by atoms with van der Waals surface area (Å²) in [5, 5.41) is 10.2. The van der Waals surface area contributed by atoms with Crippen molar-refractivity contribution in [3.05, 3.63) is 23.3 Å². The molecule has 0 radical (unpaired) electrons. The highest BCUT2D eigenvalue weighted by Crippen LogP contribution is 2.50. The van der Waals surface area contributed by atoms with E-state index in [4.69, 9.17) is 14.2 Å². The lowest BCUT2D eigenvalue weighted by Gasteiger charge is -2.15. The highest BCUT2D eigenvalue weighted by atomic mass is 16.7. The number of rotatable bonds is 3. The van der Waals surface area contributed by atoms with Gasteiger partial charge in [0.1, 0.15) is 0 Å². The summed E-state index contributed by atoms with van der Waals surface area (Å²) in [6.45, 7) is 0.679. The Morgan fingerprint density at radius 1 is 1.38 bits per heavy atom. The molecule has 1 saturated carbocycles. The van der Waals surface area contributed by atoms with Crippen molar-refractivity contribution in [1.29, 1.82) is 0 Å². The normalized spacial score (nSPS) is 19.9. The van der Waals surface area contributed by atoms with E-state index in [2.05, 4.69) is 0 Å². The van der Waals surface area contributed by atoms with Gasteiger partial charge in [0.05, 0.1) is 12.2 Å². The largest absolute Gasteiger partial charge is 0.454 e. The molecule has 1 aromatic carbocycles. The average Bonchev–Trinajstić information content (AvgIpc) is 2.85. The molecule has 1 heterocycles. The number of hydrogen-bond acceptors (Lipinski definition) is 4. The Morgan fingerprint density at radius 3 is 2.88 bits per heavy atom. The standard InChI is InChI=1S/C12H14O4/c1-14-6-8-9(12(13)4-5-12)2-3-10-11(8)16-7-15-10/h2-3,13H,4-7H2,1H3. The molecule has 1 fully saturated rings. The van der Waals surface area contributed by atoms with Crippen LogP contribution in [0.2, 0.25) is 0 Å². The summed E-state index contributed by atoms with van der Waals surface area (Å²) in [4.78, 5) is 0. The lowest BCUT2D eigenvalue weighted by Crippen LogP contribution is -2.09. The second-order valence-corrected chi connectivity index (χ2v) is 4.29. The zero-order valence-electron chi connectivity index (χ0n) is 9.16. The molecule has 86 valence electrons. The Kier molecular flexibility index (Phi) is 2.09. The van der Waals surface area contributed by atoms with Crippen LogP contribution in [0.1, 0.15) is 24.0 Å². The molecule has 0 aromatic heterocycles. The third-order valence-electron chi connectivity index (χ3n) is 3.16. The van der Waals surface area contributed by atoms with E-state index in [1.165, 1.54) is 0 Å². The zero-order valence-corrected chi connectivity index (χ0v) is 9.16. The van der Waals surface area contributed by atoms with Crippen molar-refractivity contribution >= 4 is 0 Å². The third kappa shape index (κ3) is 1.37. The fourth-order valence-corrected chi connectivity index (χ4v) is 2.14. The van der Waals surface area contributed by atoms with Crippen molar-refractivity contribution in [2.45, 2.75) is 25.0 Å². The molecular weight excluding hydrogens is 208 g/mol. The third-order valence-corrected chi connectivity index (χ3v) is 3.16. The highest BCUT2D eigenvalue weighted by Gasteiger charge is 2.44. The van der Waals surface area contributed by atoms with Gasteiger partial charge in [-0.1, -0.05) is 6.07 Å². The topological polar surface area (TPSA) is 47.9 Å². The van der Waals surface area contributed by atoms with Gasteiger partial charge in [-0.2, -0.15) is 0 Å². The Hall–Kier alpha value is -1.26. The second-order valence-electron chi connectivity index (χ2n) is 4.29. The molecule has 4 nitrogen and oxygen atoms in total. The first kappa shape index (κ1) is 9.93. The molecule has 1 aromatic rings. The van der Waals surface area contributed by atoms with Crippen molar-refractivity contribution in [2.24, 2.45) is 0 Å². The smallest absolute Gasteiger partial charge is 0.231 e. The number of hydrogen-bond donors (Lipinski definition) is 1. The van der Waals surface area contributed by atoms with Crippen molar-refractivity contribution in [1.82, 2.24) is 0 Å². The van der Waals surface area contributed by atoms with Crippen LogP contribution in [0.3, 0.4) is 0 Å². The van der Waals surface area contributed by atoms with Crippen LogP contribution in [0.15, 0.2) is 12.1 Å². The van der Waals surface area contributed by atoms with Crippen LogP contribution in [0, 0.1) is 0 Å². The Bertz CT molecular complexity index is 423. The van der Waals surface area contributed by atoms with Crippen molar-refractivity contribution in [2.75, 3.05) is 13.9 Å². The van der Waals surface area contributed by atoms with E-state index in [0.717, 1.165) is 35.5 Å². The minimum absolute atomic E-state index is 0.244. The van der Waals surface area contributed by atoms with E-state index in [1.54, 1.807) is 7.11 Å². The molecule has 16 heavy (non-hydrogen) atoms. The van der Waals surface area contributed by atoms with Gasteiger partial charge < -0.3 is 19.3 Å². The van der Waals surface area contributed by atoms with E-state index >= 15 is 0 Å². The predicted octanol–water partition coefficient (Wildman–Crippen LogP) is 1.54. The lowest BCUT2D eigenvalue weighted by atomic mass is 9.99.